The molecule has 7 nitrogen and oxygen atoms in total. The number of aryl methyl sites for hydroxylation is 1. The molecule has 1 heterocycles. The number of aromatic nitrogens is 2. The monoisotopic (exact) mass is 302 g/mol. The Labute approximate surface area is 119 Å². The van der Waals surface area contributed by atoms with Gasteiger partial charge in [0.25, 0.3) is 0 Å². The summed E-state index contributed by atoms with van der Waals surface area (Å²) in [5.41, 5.74) is 1.04. The van der Waals surface area contributed by atoms with Gasteiger partial charge in [0.2, 0.25) is 10.0 Å². The summed E-state index contributed by atoms with van der Waals surface area (Å²) in [5.74, 6) is 0.685. The lowest BCUT2D eigenvalue weighted by atomic mass is 10.4. The summed E-state index contributed by atoms with van der Waals surface area (Å²) in [7, 11) is -1.80. The van der Waals surface area contributed by atoms with Crippen molar-refractivity contribution in [2.75, 3.05) is 26.8 Å². The molecule has 0 saturated heterocycles. The number of nitrogens with one attached hydrogen (secondary N) is 3. The highest BCUT2D eigenvalue weighted by molar-refractivity contribution is 7.89. The summed E-state index contributed by atoms with van der Waals surface area (Å²) in [6, 6.07) is 0. The Hall–Kier alpha value is -0.960. The summed E-state index contributed by atoms with van der Waals surface area (Å²) in [6.45, 7) is 3.51. The molecule has 1 aliphatic rings. The van der Waals surface area contributed by atoms with E-state index in [0.717, 1.165) is 6.61 Å². The summed E-state index contributed by atoms with van der Waals surface area (Å²) in [4.78, 5) is 0.231. The molecule has 0 spiro atoms. The Bertz CT molecular complexity index is 537. The van der Waals surface area contributed by atoms with E-state index in [1.165, 1.54) is 12.8 Å². The molecular formula is C12H22N4O3S. The second-order valence-corrected chi connectivity index (χ2v) is 6.77. The van der Waals surface area contributed by atoms with Crippen molar-refractivity contribution in [2.45, 2.75) is 31.2 Å². The second kappa shape index (κ2) is 6.66. The van der Waals surface area contributed by atoms with E-state index in [9.17, 15) is 8.42 Å². The molecule has 0 bridgehead atoms. The van der Waals surface area contributed by atoms with Crippen molar-refractivity contribution in [2.24, 2.45) is 5.92 Å². The van der Waals surface area contributed by atoms with E-state index in [1.807, 2.05) is 0 Å². The third-order valence-corrected chi connectivity index (χ3v) is 4.83. The average molecular weight is 302 g/mol. The molecule has 0 aliphatic heterocycles. The molecule has 1 fully saturated rings. The fourth-order valence-electron chi connectivity index (χ4n) is 1.97. The highest BCUT2D eigenvalue weighted by Gasteiger charge is 2.24. The van der Waals surface area contributed by atoms with Gasteiger partial charge in [-0.3, -0.25) is 5.10 Å². The minimum atomic E-state index is -3.55. The van der Waals surface area contributed by atoms with Crippen molar-refractivity contribution in [1.29, 1.82) is 0 Å². The van der Waals surface area contributed by atoms with Gasteiger partial charge in [0.05, 0.1) is 18.0 Å². The van der Waals surface area contributed by atoms with E-state index in [0.29, 0.717) is 30.5 Å². The number of H-pyrrole nitrogens is 1. The van der Waals surface area contributed by atoms with Crippen LogP contribution in [-0.4, -0.2) is 45.4 Å². The first-order chi connectivity index (χ1) is 9.54. The standard InChI is InChI=1S/C12H22N4O3S/c1-9-12(11(7-13-2)16-15-9)20(17,18)14-5-6-19-8-10-3-4-10/h10,13-14H,3-8H2,1-2H3,(H,15,16). The van der Waals surface area contributed by atoms with Crippen LogP contribution in [-0.2, 0) is 21.3 Å². The van der Waals surface area contributed by atoms with Crippen LogP contribution in [0.25, 0.3) is 0 Å². The largest absolute Gasteiger partial charge is 0.380 e. The van der Waals surface area contributed by atoms with Gasteiger partial charge in [-0.1, -0.05) is 0 Å². The Morgan fingerprint density at radius 3 is 2.85 bits per heavy atom. The highest BCUT2D eigenvalue weighted by atomic mass is 32.2. The highest BCUT2D eigenvalue weighted by Crippen LogP contribution is 2.28. The van der Waals surface area contributed by atoms with Gasteiger partial charge in [-0.2, -0.15) is 5.10 Å². The van der Waals surface area contributed by atoms with Crippen LogP contribution in [0.1, 0.15) is 24.2 Å². The number of hydrogen-bond acceptors (Lipinski definition) is 5. The van der Waals surface area contributed by atoms with E-state index in [-0.39, 0.29) is 11.4 Å². The molecule has 8 heteroatoms. The van der Waals surface area contributed by atoms with Crippen LogP contribution < -0.4 is 10.0 Å². The number of sulfonamides is 1. The van der Waals surface area contributed by atoms with Gasteiger partial charge in [-0.25, -0.2) is 13.1 Å². The number of hydrogen-bond donors (Lipinski definition) is 3. The van der Waals surface area contributed by atoms with Crippen LogP contribution in [0.15, 0.2) is 4.90 Å². The molecule has 1 saturated carbocycles. The van der Waals surface area contributed by atoms with E-state index in [4.69, 9.17) is 4.74 Å². The minimum Gasteiger partial charge on any atom is -0.380 e. The molecule has 3 N–H and O–H groups in total. The second-order valence-electron chi connectivity index (χ2n) is 5.07. The molecule has 114 valence electrons. The van der Waals surface area contributed by atoms with Crippen LogP contribution in [0.5, 0.6) is 0 Å². The van der Waals surface area contributed by atoms with Gasteiger partial charge in [0.1, 0.15) is 4.90 Å². The first kappa shape index (κ1) is 15.4. The Balaban J connectivity index is 1.89. The minimum absolute atomic E-state index is 0.231. The van der Waals surface area contributed by atoms with Gasteiger partial charge in [-0.05, 0) is 32.7 Å². The van der Waals surface area contributed by atoms with E-state index < -0.39 is 10.0 Å². The maximum Gasteiger partial charge on any atom is 0.244 e. The first-order valence-corrected chi connectivity index (χ1v) is 8.28. The van der Waals surface area contributed by atoms with Crippen LogP contribution in [0.2, 0.25) is 0 Å². The predicted octanol–water partition coefficient (Wildman–Crippen LogP) is 0.142. The SMILES string of the molecule is CNCc1n[nH]c(C)c1S(=O)(=O)NCCOCC1CC1. The number of rotatable bonds is 9. The number of aromatic amines is 1. The van der Waals surface area contributed by atoms with Crippen molar-refractivity contribution in [3.05, 3.63) is 11.4 Å². The normalized spacial score (nSPS) is 15.7. The molecule has 0 unspecified atom stereocenters. The zero-order valence-corrected chi connectivity index (χ0v) is 12.7. The lowest BCUT2D eigenvalue weighted by Gasteiger charge is -2.08. The number of ether oxygens (including phenoxy) is 1. The quantitative estimate of drug-likeness (QED) is 0.564. The molecule has 20 heavy (non-hydrogen) atoms. The van der Waals surface area contributed by atoms with Crippen LogP contribution >= 0.6 is 0 Å². The lowest BCUT2D eigenvalue weighted by molar-refractivity contribution is 0.129. The van der Waals surface area contributed by atoms with Crippen LogP contribution in [0.4, 0.5) is 0 Å². The topological polar surface area (TPSA) is 96.1 Å². The van der Waals surface area contributed by atoms with E-state index in [2.05, 4.69) is 20.2 Å². The van der Waals surface area contributed by atoms with Crippen molar-refractivity contribution in [3.63, 3.8) is 0 Å². The Kier molecular flexibility index (Phi) is 5.14. The maximum absolute atomic E-state index is 12.3. The van der Waals surface area contributed by atoms with Crippen molar-refractivity contribution in [3.8, 4) is 0 Å². The lowest BCUT2D eigenvalue weighted by Crippen LogP contribution is -2.29. The van der Waals surface area contributed by atoms with Crippen molar-refractivity contribution < 1.29 is 13.2 Å². The van der Waals surface area contributed by atoms with E-state index >= 15 is 0 Å². The van der Waals surface area contributed by atoms with Crippen LogP contribution in [0.3, 0.4) is 0 Å². The molecule has 1 aromatic heterocycles. The van der Waals surface area contributed by atoms with Gasteiger partial charge < -0.3 is 10.1 Å². The molecule has 0 aromatic carbocycles. The molecule has 1 aliphatic carbocycles. The Morgan fingerprint density at radius 2 is 2.20 bits per heavy atom. The molecule has 2 rings (SSSR count). The van der Waals surface area contributed by atoms with Gasteiger partial charge in [0.15, 0.2) is 0 Å². The van der Waals surface area contributed by atoms with Crippen molar-refractivity contribution in [1.82, 2.24) is 20.2 Å². The molecule has 0 atom stereocenters. The molecule has 1 aromatic rings. The zero-order chi connectivity index (χ0) is 14.6. The number of nitrogens with zero attached hydrogens (tertiary/aromatic N) is 1. The van der Waals surface area contributed by atoms with Crippen molar-refractivity contribution >= 4 is 10.0 Å². The molecule has 0 amide bonds. The van der Waals surface area contributed by atoms with Crippen LogP contribution in [0, 0.1) is 12.8 Å². The summed E-state index contributed by atoms with van der Waals surface area (Å²) >= 11 is 0. The third-order valence-electron chi connectivity index (χ3n) is 3.16. The Morgan fingerprint density at radius 1 is 1.45 bits per heavy atom. The third kappa shape index (κ3) is 4.02. The molecular weight excluding hydrogens is 280 g/mol. The average Bonchev–Trinajstić information content (AvgIpc) is 3.13. The summed E-state index contributed by atoms with van der Waals surface area (Å²) in [6.07, 6.45) is 2.46. The first-order valence-electron chi connectivity index (χ1n) is 6.80. The zero-order valence-electron chi connectivity index (χ0n) is 11.9. The van der Waals surface area contributed by atoms with E-state index in [1.54, 1.807) is 14.0 Å². The summed E-state index contributed by atoms with van der Waals surface area (Å²) < 4.78 is 32.5. The van der Waals surface area contributed by atoms with Gasteiger partial charge in [-0.15, -0.1) is 0 Å². The smallest absolute Gasteiger partial charge is 0.244 e. The summed E-state index contributed by atoms with van der Waals surface area (Å²) in [5, 5.41) is 9.63. The molecule has 0 radical (unpaired) electrons. The fourth-order valence-corrected chi connectivity index (χ4v) is 3.34. The predicted molar refractivity (Wildman–Crippen MR) is 74.8 cm³/mol. The fraction of sp³-hybridized carbons (Fsp3) is 0.750. The van der Waals surface area contributed by atoms with Gasteiger partial charge in [0, 0.05) is 19.7 Å². The maximum atomic E-state index is 12.3. The van der Waals surface area contributed by atoms with Gasteiger partial charge >= 0.3 is 0 Å².